The maximum absolute atomic E-state index is 12.1. The van der Waals surface area contributed by atoms with Crippen molar-refractivity contribution in [2.75, 3.05) is 18.1 Å². The number of sulfonamides is 1. The molecule has 23 heavy (non-hydrogen) atoms. The Morgan fingerprint density at radius 3 is 2.26 bits per heavy atom. The number of hydrogen-bond acceptors (Lipinski definition) is 3. The summed E-state index contributed by atoms with van der Waals surface area (Å²) < 4.78 is 25.1. The minimum atomic E-state index is -3.49. The van der Waals surface area contributed by atoms with Crippen LogP contribution in [0.5, 0.6) is 0 Å². The minimum Gasteiger partial charge on any atom is -0.325 e. The van der Waals surface area contributed by atoms with Crippen molar-refractivity contribution in [1.82, 2.24) is 4.31 Å². The number of rotatable bonds is 6. The highest BCUT2D eigenvalue weighted by atomic mass is 32.2. The van der Waals surface area contributed by atoms with Crippen LogP contribution in [0.4, 0.5) is 5.69 Å². The molecule has 0 atom stereocenters. The summed E-state index contributed by atoms with van der Waals surface area (Å²) in [6, 6.07) is 16.5. The van der Waals surface area contributed by atoms with E-state index in [2.05, 4.69) is 5.32 Å². The van der Waals surface area contributed by atoms with Crippen LogP contribution in [0.15, 0.2) is 54.6 Å². The molecule has 1 N–H and O–H groups in total. The molecular formula is C17H20N2O3S. The van der Waals surface area contributed by atoms with Crippen LogP contribution in [0.1, 0.15) is 11.1 Å². The van der Waals surface area contributed by atoms with E-state index in [1.54, 1.807) is 24.3 Å². The fourth-order valence-electron chi connectivity index (χ4n) is 2.15. The Labute approximate surface area is 137 Å². The Morgan fingerprint density at radius 1 is 1.04 bits per heavy atom. The molecule has 0 radical (unpaired) electrons. The summed E-state index contributed by atoms with van der Waals surface area (Å²) in [5.41, 5.74) is 2.51. The summed E-state index contributed by atoms with van der Waals surface area (Å²) in [6.45, 7) is 1.87. The predicted octanol–water partition coefficient (Wildman–Crippen LogP) is 2.40. The Morgan fingerprint density at radius 2 is 1.65 bits per heavy atom. The van der Waals surface area contributed by atoms with E-state index in [0.29, 0.717) is 5.69 Å². The van der Waals surface area contributed by atoms with Crippen molar-refractivity contribution in [1.29, 1.82) is 0 Å². The van der Waals surface area contributed by atoms with E-state index in [1.165, 1.54) is 4.31 Å². The average Bonchev–Trinajstić information content (AvgIpc) is 2.48. The molecule has 0 aromatic heterocycles. The maximum atomic E-state index is 12.1. The zero-order valence-electron chi connectivity index (χ0n) is 13.2. The highest BCUT2D eigenvalue weighted by molar-refractivity contribution is 7.88. The predicted molar refractivity (Wildman–Crippen MR) is 91.5 cm³/mol. The summed E-state index contributed by atoms with van der Waals surface area (Å²) in [6.07, 6.45) is 1.11. The Hall–Kier alpha value is -2.18. The molecule has 0 aliphatic carbocycles. The third-order valence-corrected chi connectivity index (χ3v) is 4.65. The first-order chi connectivity index (χ1) is 10.9. The first kappa shape index (κ1) is 17.2. The van der Waals surface area contributed by atoms with Crippen molar-refractivity contribution in [3.8, 4) is 0 Å². The summed E-state index contributed by atoms with van der Waals surface area (Å²) in [5.74, 6) is -0.366. The van der Waals surface area contributed by atoms with Crippen LogP contribution in [0.25, 0.3) is 0 Å². The van der Waals surface area contributed by atoms with Crippen LogP contribution < -0.4 is 5.32 Å². The van der Waals surface area contributed by atoms with Gasteiger partial charge in [-0.3, -0.25) is 4.79 Å². The molecular weight excluding hydrogens is 312 g/mol. The van der Waals surface area contributed by atoms with Gasteiger partial charge in [0.05, 0.1) is 12.8 Å². The fraction of sp³-hybridized carbons (Fsp3) is 0.235. The Balaban J connectivity index is 2.11. The average molecular weight is 332 g/mol. The van der Waals surface area contributed by atoms with E-state index in [1.807, 2.05) is 37.3 Å². The smallest absolute Gasteiger partial charge is 0.239 e. The lowest BCUT2D eigenvalue weighted by atomic mass is 10.1. The lowest BCUT2D eigenvalue weighted by Gasteiger charge is -2.20. The highest BCUT2D eigenvalue weighted by Crippen LogP contribution is 2.13. The molecule has 2 rings (SSSR count). The molecule has 0 aliphatic rings. The van der Waals surface area contributed by atoms with Gasteiger partial charge in [0.15, 0.2) is 0 Å². The van der Waals surface area contributed by atoms with Crippen LogP contribution in [0, 0.1) is 6.92 Å². The van der Waals surface area contributed by atoms with Gasteiger partial charge in [-0.1, -0.05) is 42.5 Å². The normalized spacial score (nSPS) is 11.4. The van der Waals surface area contributed by atoms with Gasteiger partial charge in [-0.05, 0) is 30.2 Å². The quantitative estimate of drug-likeness (QED) is 0.883. The lowest BCUT2D eigenvalue weighted by Crippen LogP contribution is -2.37. The number of carbonyl (C=O) groups excluding carboxylic acids is 1. The molecule has 2 aromatic carbocycles. The van der Waals surface area contributed by atoms with Crippen LogP contribution in [0.3, 0.4) is 0 Å². The van der Waals surface area contributed by atoms with Crippen molar-refractivity contribution in [3.05, 3.63) is 65.7 Å². The number of hydrogen-bond donors (Lipinski definition) is 1. The van der Waals surface area contributed by atoms with Crippen molar-refractivity contribution in [3.63, 3.8) is 0 Å². The molecule has 2 aromatic rings. The van der Waals surface area contributed by atoms with Gasteiger partial charge in [-0.15, -0.1) is 0 Å². The number of benzene rings is 2. The van der Waals surface area contributed by atoms with Gasteiger partial charge in [0.25, 0.3) is 0 Å². The molecule has 0 heterocycles. The van der Waals surface area contributed by atoms with E-state index in [9.17, 15) is 13.2 Å². The van der Waals surface area contributed by atoms with Gasteiger partial charge in [-0.25, -0.2) is 8.42 Å². The number of nitrogens with one attached hydrogen (secondary N) is 1. The topological polar surface area (TPSA) is 66.5 Å². The molecule has 0 fully saturated rings. The first-order valence-electron chi connectivity index (χ1n) is 7.21. The summed E-state index contributed by atoms with van der Waals surface area (Å²) >= 11 is 0. The molecule has 6 heteroatoms. The standard InChI is InChI=1S/C17H20N2O3S/c1-14-8-6-7-9-15(14)12-19(23(2,21)22)13-17(20)18-16-10-4-3-5-11-16/h3-11H,12-13H2,1-2H3,(H,18,20). The van der Waals surface area contributed by atoms with Gasteiger partial charge < -0.3 is 5.32 Å². The van der Waals surface area contributed by atoms with Crippen LogP contribution in [-0.2, 0) is 21.4 Å². The molecule has 0 saturated heterocycles. The fourth-order valence-corrected chi connectivity index (χ4v) is 2.88. The third kappa shape index (κ3) is 5.19. The molecule has 5 nitrogen and oxygen atoms in total. The van der Waals surface area contributed by atoms with Gasteiger partial charge in [0.2, 0.25) is 15.9 Å². The van der Waals surface area contributed by atoms with Crippen molar-refractivity contribution in [2.45, 2.75) is 13.5 Å². The molecule has 0 aliphatic heterocycles. The van der Waals surface area contributed by atoms with Crippen LogP contribution >= 0.6 is 0 Å². The van der Waals surface area contributed by atoms with E-state index in [4.69, 9.17) is 0 Å². The van der Waals surface area contributed by atoms with Gasteiger partial charge in [-0.2, -0.15) is 4.31 Å². The number of anilines is 1. The molecule has 1 amide bonds. The Kier molecular flexibility index (Phi) is 5.52. The van der Waals surface area contributed by atoms with E-state index >= 15 is 0 Å². The highest BCUT2D eigenvalue weighted by Gasteiger charge is 2.21. The van der Waals surface area contributed by atoms with Gasteiger partial charge in [0, 0.05) is 12.2 Å². The van der Waals surface area contributed by atoms with Crippen LogP contribution in [0.2, 0.25) is 0 Å². The number of carbonyl (C=O) groups is 1. The minimum absolute atomic E-state index is 0.174. The summed E-state index contributed by atoms with van der Waals surface area (Å²) in [4.78, 5) is 12.1. The van der Waals surface area contributed by atoms with Crippen molar-refractivity contribution >= 4 is 21.6 Å². The van der Waals surface area contributed by atoms with Gasteiger partial charge in [0.1, 0.15) is 0 Å². The molecule has 0 bridgehead atoms. The number of aryl methyl sites for hydroxylation is 1. The SMILES string of the molecule is Cc1ccccc1CN(CC(=O)Nc1ccccc1)S(C)(=O)=O. The monoisotopic (exact) mass is 332 g/mol. The number of amides is 1. The zero-order chi connectivity index (χ0) is 16.9. The molecule has 122 valence electrons. The van der Waals surface area contributed by atoms with Crippen molar-refractivity contribution < 1.29 is 13.2 Å². The van der Waals surface area contributed by atoms with Crippen LogP contribution in [-0.4, -0.2) is 31.4 Å². The largest absolute Gasteiger partial charge is 0.325 e. The first-order valence-corrected chi connectivity index (χ1v) is 9.05. The zero-order valence-corrected chi connectivity index (χ0v) is 14.0. The van der Waals surface area contributed by atoms with Gasteiger partial charge >= 0.3 is 0 Å². The molecule has 0 spiro atoms. The van der Waals surface area contributed by atoms with Crippen molar-refractivity contribution in [2.24, 2.45) is 0 Å². The maximum Gasteiger partial charge on any atom is 0.239 e. The van der Waals surface area contributed by atoms with E-state index in [-0.39, 0.29) is 19.0 Å². The summed E-state index contributed by atoms with van der Waals surface area (Å²) in [7, 11) is -3.49. The second-order valence-electron chi connectivity index (χ2n) is 5.37. The lowest BCUT2D eigenvalue weighted by molar-refractivity contribution is -0.116. The number of nitrogens with zero attached hydrogens (tertiary/aromatic N) is 1. The summed E-state index contributed by atoms with van der Waals surface area (Å²) in [5, 5.41) is 2.70. The Bertz CT molecular complexity index is 773. The van der Waals surface area contributed by atoms with E-state index < -0.39 is 10.0 Å². The third-order valence-electron chi connectivity index (χ3n) is 3.45. The molecule has 0 saturated carbocycles. The molecule has 0 unspecified atom stereocenters. The number of para-hydroxylation sites is 1. The van der Waals surface area contributed by atoms with E-state index in [0.717, 1.165) is 17.4 Å². The second-order valence-corrected chi connectivity index (χ2v) is 7.35. The second kappa shape index (κ2) is 7.39.